The summed E-state index contributed by atoms with van der Waals surface area (Å²) in [4.78, 5) is 16.6. The lowest BCUT2D eigenvalue weighted by Crippen LogP contribution is -2.23. The summed E-state index contributed by atoms with van der Waals surface area (Å²) in [6.45, 7) is 2.29. The van der Waals surface area contributed by atoms with Gasteiger partial charge in [-0.2, -0.15) is 10.2 Å². The molecule has 0 atom stereocenters. The number of aromatic nitrogens is 5. The fourth-order valence-corrected chi connectivity index (χ4v) is 2.63. The highest BCUT2D eigenvalue weighted by molar-refractivity contribution is 5.93. The van der Waals surface area contributed by atoms with Crippen molar-refractivity contribution in [3.05, 3.63) is 60.1 Å². The summed E-state index contributed by atoms with van der Waals surface area (Å²) in [5, 5.41) is 11.5. The zero-order valence-corrected chi connectivity index (χ0v) is 13.8. The van der Waals surface area contributed by atoms with Crippen molar-refractivity contribution in [2.45, 2.75) is 13.5 Å². The van der Waals surface area contributed by atoms with Gasteiger partial charge in [0.15, 0.2) is 11.3 Å². The summed E-state index contributed by atoms with van der Waals surface area (Å²) >= 11 is 0. The molecule has 8 heteroatoms. The molecule has 0 saturated carbocycles. The van der Waals surface area contributed by atoms with Crippen LogP contribution in [0, 0.1) is 6.92 Å². The van der Waals surface area contributed by atoms with E-state index in [2.05, 4.69) is 20.5 Å². The second-order valence-corrected chi connectivity index (χ2v) is 5.66. The normalized spacial score (nSPS) is 11.1. The van der Waals surface area contributed by atoms with Crippen LogP contribution in [0.1, 0.15) is 21.9 Å². The number of aryl methyl sites for hydroxylation is 1. The minimum absolute atomic E-state index is 0.282. The first-order chi connectivity index (χ1) is 12.1. The van der Waals surface area contributed by atoms with Crippen LogP contribution in [0.5, 0.6) is 0 Å². The Labute approximate surface area is 143 Å². The zero-order valence-electron chi connectivity index (χ0n) is 13.8. The molecule has 0 fully saturated rings. The van der Waals surface area contributed by atoms with Gasteiger partial charge in [0.1, 0.15) is 5.76 Å². The molecule has 1 N–H and O–H groups in total. The van der Waals surface area contributed by atoms with Crippen molar-refractivity contribution in [1.29, 1.82) is 0 Å². The monoisotopic (exact) mass is 336 g/mol. The van der Waals surface area contributed by atoms with Gasteiger partial charge in [0.05, 0.1) is 24.7 Å². The number of amides is 1. The average Bonchev–Trinajstić information content (AvgIpc) is 3.34. The highest BCUT2D eigenvalue weighted by atomic mass is 16.3. The Bertz CT molecular complexity index is 1040. The predicted molar refractivity (Wildman–Crippen MR) is 89.8 cm³/mol. The second-order valence-electron chi connectivity index (χ2n) is 5.66. The minimum atomic E-state index is -0.282. The van der Waals surface area contributed by atoms with Gasteiger partial charge in [0.25, 0.3) is 5.91 Å². The third-order valence-corrected chi connectivity index (χ3v) is 4.11. The summed E-state index contributed by atoms with van der Waals surface area (Å²) in [5.74, 6) is 0.401. The molecule has 0 aliphatic heterocycles. The minimum Gasteiger partial charge on any atom is -0.467 e. The van der Waals surface area contributed by atoms with Crippen molar-refractivity contribution in [2.75, 3.05) is 0 Å². The van der Waals surface area contributed by atoms with Gasteiger partial charge in [-0.15, -0.1) is 0 Å². The molecule has 0 unspecified atom stereocenters. The largest absolute Gasteiger partial charge is 0.467 e. The summed E-state index contributed by atoms with van der Waals surface area (Å²) in [6, 6.07) is 7.09. The molecule has 0 aromatic carbocycles. The van der Waals surface area contributed by atoms with Gasteiger partial charge in [-0.1, -0.05) is 0 Å². The van der Waals surface area contributed by atoms with Crippen molar-refractivity contribution < 1.29 is 9.21 Å². The van der Waals surface area contributed by atoms with Crippen molar-refractivity contribution in [3.8, 4) is 11.3 Å². The maximum Gasteiger partial charge on any atom is 0.272 e. The van der Waals surface area contributed by atoms with Gasteiger partial charge >= 0.3 is 0 Å². The summed E-state index contributed by atoms with van der Waals surface area (Å²) < 4.78 is 8.66. The first-order valence-electron chi connectivity index (χ1n) is 7.78. The summed E-state index contributed by atoms with van der Waals surface area (Å²) in [5.41, 5.74) is 3.69. The Kier molecular flexibility index (Phi) is 3.57. The third kappa shape index (κ3) is 2.67. The number of hydrogen-bond donors (Lipinski definition) is 1. The number of furan rings is 1. The molecule has 0 spiro atoms. The topological polar surface area (TPSA) is 90.2 Å². The lowest BCUT2D eigenvalue weighted by atomic mass is 10.2. The molecule has 126 valence electrons. The molecule has 0 aliphatic carbocycles. The van der Waals surface area contributed by atoms with Crippen LogP contribution in [-0.4, -0.2) is 30.3 Å². The van der Waals surface area contributed by atoms with Crippen LogP contribution >= 0.6 is 0 Å². The van der Waals surface area contributed by atoms with Gasteiger partial charge in [0.2, 0.25) is 0 Å². The van der Waals surface area contributed by atoms with Crippen molar-refractivity contribution >= 4 is 11.6 Å². The highest BCUT2D eigenvalue weighted by Gasteiger charge is 2.16. The lowest BCUT2D eigenvalue weighted by Gasteiger charge is -2.03. The molecule has 4 aromatic rings. The Hall–Kier alpha value is -3.42. The molecule has 1 amide bonds. The van der Waals surface area contributed by atoms with Gasteiger partial charge in [-0.25, -0.2) is 9.50 Å². The van der Waals surface area contributed by atoms with Crippen molar-refractivity contribution in [3.63, 3.8) is 0 Å². The molecule has 4 heterocycles. The molecule has 25 heavy (non-hydrogen) atoms. The number of hydrogen-bond acceptors (Lipinski definition) is 5. The van der Waals surface area contributed by atoms with Crippen LogP contribution in [0.25, 0.3) is 16.9 Å². The maximum absolute atomic E-state index is 12.4. The predicted octanol–water partition coefficient (Wildman–Crippen LogP) is 1.96. The standard InChI is InChI=1S/C17H16N6O2/c1-11-13(10-20-22(11)2)15-5-6-18-16-8-14(21-23(15)16)17(24)19-9-12-4-3-7-25-12/h3-8,10H,9H2,1-2H3,(H,19,24). The van der Waals surface area contributed by atoms with E-state index in [1.165, 1.54) is 0 Å². The SMILES string of the molecule is Cc1c(-c2ccnc3cc(C(=O)NCc4ccco4)nn23)cnn1C. The molecule has 4 aromatic heterocycles. The number of nitrogens with zero attached hydrogens (tertiary/aromatic N) is 5. The van der Waals surface area contributed by atoms with E-state index < -0.39 is 0 Å². The quantitative estimate of drug-likeness (QED) is 0.615. The van der Waals surface area contributed by atoms with Gasteiger partial charge in [-0.3, -0.25) is 9.48 Å². The zero-order chi connectivity index (χ0) is 17.4. The molecule has 0 aliphatic rings. The van der Waals surface area contributed by atoms with Crippen molar-refractivity contribution in [1.82, 2.24) is 29.7 Å². The van der Waals surface area contributed by atoms with E-state index in [1.807, 2.05) is 20.0 Å². The molecule has 0 saturated heterocycles. The van der Waals surface area contributed by atoms with Crippen LogP contribution < -0.4 is 5.32 Å². The first kappa shape index (κ1) is 15.1. The Balaban J connectivity index is 1.67. The molecule has 0 radical (unpaired) electrons. The molecular weight excluding hydrogens is 320 g/mol. The fourth-order valence-electron chi connectivity index (χ4n) is 2.63. The van der Waals surface area contributed by atoms with Crippen LogP contribution in [-0.2, 0) is 13.6 Å². The number of fused-ring (bicyclic) bond motifs is 1. The van der Waals surface area contributed by atoms with Crippen LogP contribution in [0.2, 0.25) is 0 Å². The number of carbonyl (C=O) groups is 1. The highest BCUT2D eigenvalue weighted by Crippen LogP contribution is 2.23. The van der Waals surface area contributed by atoms with Gasteiger partial charge in [0, 0.05) is 30.6 Å². The number of carbonyl (C=O) groups excluding carboxylic acids is 1. The summed E-state index contributed by atoms with van der Waals surface area (Å²) in [7, 11) is 1.88. The van der Waals surface area contributed by atoms with E-state index in [1.54, 1.807) is 46.1 Å². The maximum atomic E-state index is 12.4. The average molecular weight is 336 g/mol. The van der Waals surface area contributed by atoms with E-state index >= 15 is 0 Å². The first-order valence-corrected chi connectivity index (χ1v) is 7.78. The van der Waals surface area contributed by atoms with E-state index in [4.69, 9.17) is 4.42 Å². The fraction of sp³-hybridized carbons (Fsp3) is 0.176. The second kappa shape index (κ2) is 5.90. The van der Waals surface area contributed by atoms with Gasteiger partial charge < -0.3 is 9.73 Å². The van der Waals surface area contributed by atoms with Crippen LogP contribution in [0.4, 0.5) is 0 Å². The number of rotatable bonds is 4. The number of nitrogens with one attached hydrogen (secondary N) is 1. The van der Waals surface area contributed by atoms with E-state index in [-0.39, 0.29) is 5.91 Å². The Morgan fingerprint density at radius 3 is 2.96 bits per heavy atom. The third-order valence-electron chi connectivity index (χ3n) is 4.11. The Morgan fingerprint density at radius 2 is 2.24 bits per heavy atom. The lowest BCUT2D eigenvalue weighted by molar-refractivity contribution is 0.0942. The van der Waals surface area contributed by atoms with E-state index in [9.17, 15) is 4.79 Å². The van der Waals surface area contributed by atoms with E-state index in [0.29, 0.717) is 23.6 Å². The van der Waals surface area contributed by atoms with Crippen LogP contribution in [0.3, 0.4) is 0 Å². The molecule has 8 nitrogen and oxygen atoms in total. The van der Waals surface area contributed by atoms with Gasteiger partial charge in [-0.05, 0) is 25.1 Å². The summed E-state index contributed by atoms with van der Waals surface area (Å²) in [6.07, 6.45) is 5.05. The molecule has 4 rings (SSSR count). The molecule has 0 bridgehead atoms. The molecular formula is C17H16N6O2. The van der Waals surface area contributed by atoms with Crippen LogP contribution in [0.15, 0.2) is 47.3 Å². The Morgan fingerprint density at radius 1 is 1.36 bits per heavy atom. The smallest absolute Gasteiger partial charge is 0.272 e. The van der Waals surface area contributed by atoms with Crippen molar-refractivity contribution in [2.24, 2.45) is 7.05 Å². The van der Waals surface area contributed by atoms with E-state index in [0.717, 1.165) is 17.0 Å².